The van der Waals surface area contributed by atoms with Crippen LogP contribution in [0.2, 0.25) is 0 Å². The number of ether oxygens (including phenoxy) is 1. The van der Waals surface area contributed by atoms with Crippen molar-refractivity contribution in [2.45, 2.75) is 19.4 Å². The maximum absolute atomic E-state index is 14.4. The highest BCUT2D eigenvalue weighted by molar-refractivity contribution is 5.94. The molecule has 0 N–H and O–H groups in total. The molecule has 0 aliphatic carbocycles. The highest BCUT2D eigenvalue weighted by atomic mass is 19.1. The SMILES string of the molecule is COC(C)(C)c1noc(-c2nnc3c4ccccc4n4c(F)ncc4n23)n1. The van der Waals surface area contributed by atoms with Crippen LogP contribution >= 0.6 is 0 Å². The largest absolute Gasteiger partial charge is 0.371 e. The van der Waals surface area contributed by atoms with Crippen LogP contribution < -0.4 is 0 Å². The Bertz CT molecular complexity index is 1320. The summed E-state index contributed by atoms with van der Waals surface area (Å²) in [5, 5.41) is 13.2. The van der Waals surface area contributed by atoms with E-state index in [4.69, 9.17) is 9.26 Å². The van der Waals surface area contributed by atoms with Gasteiger partial charge in [-0.1, -0.05) is 17.3 Å². The number of imidazole rings is 1. The van der Waals surface area contributed by atoms with Crippen LogP contribution in [-0.4, -0.2) is 41.2 Å². The minimum Gasteiger partial charge on any atom is -0.371 e. The molecule has 1 aromatic carbocycles. The molecule has 4 aromatic heterocycles. The van der Waals surface area contributed by atoms with Crippen LogP contribution in [0.5, 0.6) is 0 Å². The first-order valence-electron chi connectivity index (χ1n) is 8.20. The van der Waals surface area contributed by atoms with Gasteiger partial charge in [-0.05, 0) is 26.0 Å². The molecule has 5 rings (SSSR count). The number of hydrogen-bond donors (Lipinski definition) is 0. The van der Waals surface area contributed by atoms with E-state index in [0.717, 1.165) is 5.39 Å². The Kier molecular flexibility index (Phi) is 3.11. The second kappa shape index (κ2) is 5.30. The quantitative estimate of drug-likeness (QED) is 0.484. The maximum atomic E-state index is 14.4. The average molecular weight is 367 g/mol. The average Bonchev–Trinajstić information content (AvgIpc) is 3.39. The van der Waals surface area contributed by atoms with Crippen LogP contribution in [0.4, 0.5) is 4.39 Å². The number of methoxy groups -OCH3 is 1. The van der Waals surface area contributed by atoms with Crippen molar-refractivity contribution in [3.8, 4) is 11.7 Å². The zero-order valence-corrected chi connectivity index (χ0v) is 14.7. The van der Waals surface area contributed by atoms with Crippen molar-refractivity contribution in [3.63, 3.8) is 0 Å². The summed E-state index contributed by atoms with van der Waals surface area (Å²) in [5.74, 6) is 0.820. The molecule has 0 spiro atoms. The predicted molar refractivity (Wildman–Crippen MR) is 92.5 cm³/mol. The van der Waals surface area contributed by atoms with Crippen molar-refractivity contribution in [2.75, 3.05) is 7.11 Å². The second-order valence-electron chi connectivity index (χ2n) is 6.56. The number of fused-ring (bicyclic) bond motifs is 6. The fourth-order valence-electron chi connectivity index (χ4n) is 3.02. The van der Waals surface area contributed by atoms with Gasteiger partial charge in [0, 0.05) is 12.5 Å². The third kappa shape index (κ3) is 2.10. The zero-order chi connectivity index (χ0) is 18.8. The van der Waals surface area contributed by atoms with Crippen molar-refractivity contribution in [3.05, 3.63) is 42.4 Å². The first-order chi connectivity index (χ1) is 13.0. The molecule has 136 valence electrons. The van der Waals surface area contributed by atoms with Crippen LogP contribution in [0.15, 0.2) is 35.0 Å². The fraction of sp³-hybridized carbons (Fsp3) is 0.235. The smallest absolute Gasteiger partial charge is 0.296 e. The van der Waals surface area contributed by atoms with Gasteiger partial charge in [-0.3, -0.25) is 8.80 Å². The Morgan fingerprint density at radius 3 is 2.78 bits per heavy atom. The molecule has 0 unspecified atom stereocenters. The minimum atomic E-state index is -0.729. The molecule has 0 amide bonds. The van der Waals surface area contributed by atoms with Gasteiger partial charge in [0.05, 0.1) is 11.7 Å². The molecule has 0 radical (unpaired) electrons. The molecular weight excluding hydrogens is 353 g/mol. The molecular formula is C17H14FN7O2. The van der Waals surface area contributed by atoms with Crippen molar-refractivity contribution in [2.24, 2.45) is 0 Å². The summed E-state index contributed by atoms with van der Waals surface area (Å²) in [7, 11) is 1.56. The topological polar surface area (TPSA) is 95.6 Å². The van der Waals surface area contributed by atoms with Crippen LogP contribution in [0.3, 0.4) is 0 Å². The number of nitrogens with zero attached hydrogens (tertiary/aromatic N) is 7. The zero-order valence-electron chi connectivity index (χ0n) is 14.7. The molecule has 9 nitrogen and oxygen atoms in total. The Hall–Kier alpha value is -3.40. The number of para-hydroxylation sites is 1. The lowest BCUT2D eigenvalue weighted by Crippen LogP contribution is -2.21. The third-order valence-electron chi connectivity index (χ3n) is 4.64. The summed E-state index contributed by atoms with van der Waals surface area (Å²) in [6.07, 6.45) is 0.785. The van der Waals surface area contributed by atoms with E-state index < -0.39 is 11.7 Å². The van der Waals surface area contributed by atoms with E-state index in [2.05, 4.69) is 25.3 Å². The van der Waals surface area contributed by atoms with Gasteiger partial charge in [0.25, 0.3) is 12.0 Å². The normalized spacial score (nSPS) is 12.6. The van der Waals surface area contributed by atoms with Crippen LogP contribution in [0, 0.1) is 6.08 Å². The summed E-state index contributed by atoms with van der Waals surface area (Å²) < 4.78 is 28.2. The summed E-state index contributed by atoms with van der Waals surface area (Å²) in [6, 6.07) is 7.32. The number of halogens is 1. The van der Waals surface area contributed by atoms with Gasteiger partial charge in [0.2, 0.25) is 11.6 Å². The predicted octanol–water partition coefficient (Wildman–Crippen LogP) is 2.60. The minimum absolute atomic E-state index is 0.154. The van der Waals surface area contributed by atoms with Gasteiger partial charge < -0.3 is 9.26 Å². The van der Waals surface area contributed by atoms with Crippen molar-refractivity contribution in [1.29, 1.82) is 0 Å². The van der Waals surface area contributed by atoms with Crippen LogP contribution in [-0.2, 0) is 10.3 Å². The molecule has 0 saturated carbocycles. The first kappa shape index (κ1) is 15.8. The summed E-state index contributed by atoms with van der Waals surface area (Å²) in [4.78, 5) is 8.19. The van der Waals surface area contributed by atoms with E-state index in [1.165, 1.54) is 10.6 Å². The van der Waals surface area contributed by atoms with Crippen molar-refractivity contribution >= 4 is 22.2 Å². The van der Waals surface area contributed by atoms with E-state index in [1.807, 2.05) is 32.0 Å². The summed E-state index contributed by atoms with van der Waals surface area (Å²) >= 11 is 0. The molecule has 5 aromatic rings. The molecule has 0 saturated heterocycles. The van der Waals surface area contributed by atoms with Crippen LogP contribution in [0.1, 0.15) is 19.7 Å². The maximum Gasteiger partial charge on any atom is 0.296 e. The van der Waals surface area contributed by atoms with Crippen molar-refractivity contribution in [1.82, 2.24) is 34.1 Å². The molecule has 0 aliphatic heterocycles. The van der Waals surface area contributed by atoms with E-state index in [1.54, 1.807) is 17.6 Å². The van der Waals surface area contributed by atoms with Gasteiger partial charge in [-0.2, -0.15) is 9.37 Å². The third-order valence-corrected chi connectivity index (χ3v) is 4.64. The number of aromatic nitrogens is 7. The van der Waals surface area contributed by atoms with E-state index in [0.29, 0.717) is 28.5 Å². The Balaban J connectivity index is 1.86. The lowest BCUT2D eigenvalue weighted by atomic mass is 10.1. The monoisotopic (exact) mass is 367 g/mol. The van der Waals surface area contributed by atoms with E-state index in [-0.39, 0.29) is 5.89 Å². The summed E-state index contributed by atoms with van der Waals surface area (Å²) in [6.45, 7) is 3.64. The molecule has 10 heteroatoms. The molecule has 27 heavy (non-hydrogen) atoms. The standard InChI is InChI=1S/C17H14FN7O2/c1-17(2,26-3)15-20-14(27-23-15)13-22-21-12-9-6-4-5-7-10(9)24-11(25(12)13)8-19-16(24)18/h4-8H,1-3H3. The molecule has 0 fully saturated rings. The van der Waals surface area contributed by atoms with Crippen LogP contribution in [0.25, 0.3) is 33.9 Å². The molecule has 4 heterocycles. The van der Waals surface area contributed by atoms with E-state index in [9.17, 15) is 4.39 Å². The molecule has 0 bridgehead atoms. The Morgan fingerprint density at radius 2 is 1.96 bits per heavy atom. The van der Waals surface area contributed by atoms with Gasteiger partial charge in [0.15, 0.2) is 5.65 Å². The fourth-order valence-corrected chi connectivity index (χ4v) is 3.02. The highest BCUT2D eigenvalue weighted by Gasteiger charge is 2.28. The number of hydrogen-bond acceptors (Lipinski definition) is 7. The van der Waals surface area contributed by atoms with Gasteiger partial charge in [-0.15, -0.1) is 10.2 Å². The van der Waals surface area contributed by atoms with Gasteiger partial charge in [-0.25, -0.2) is 4.98 Å². The second-order valence-corrected chi connectivity index (χ2v) is 6.56. The molecule has 0 aliphatic rings. The molecule has 0 atom stereocenters. The Morgan fingerprint density at radius 1 is 1.15 bits per heavy atom. The lowest BCUT2D eigenvalue weighted by Gasteiger charge is -2.17. The van der Waals surface area contributed by atoms with Crippen molar-refractivity contribution < 1.29 is 13.7 Å². The highest BCUT2D eigenvalue weighted by Crippen LogP contribution is 2.28. The number of benzene rings is 1. The van der Waals surface area contributed by atoms with E-state index >= 15 is 0 Å². The van der Waals surface area contributed by atoms with Gasteiger partial charge in [0.1, 0.15) is 11.2 Å². The lowest BCUT2D eigenvalue weighted by molar-refractivity contribution is 0.00973. The Labute approximate surface area is 151 Å². The van der Waals surface area contributed by atoms with Gasteiger partial charge >= 0.3 is 0 Å². The first-order valence-corrected chi connectivity index (χ1v) is 8.20. The number of rotatable bonds is 3. The summed E-state index contributed by atoms with van der Waals surface area (Å²) in [5.41, 5.74) is 0.902.